The first-order chi connectivity index (χ1) is 13.5. The number of nitrogens with zero attached hydrogens (tertiary/aromatic N) is 3. The van der Waals surface area contributed by atoms with Crippen LogP contribution < -0.4 is 4.74 Å². The first-order valence-corrected chi connectivity index (χ1v) is 9.90. The van der Waals surface area contributed by atoms with Crippen molar-refractivity contribution in [3.05, 3.63) is 82.1 Å². The molecule has 1 unspecified atom stereocenters. The van der Waals surface area contributed by atoms with E-state index in [2.05, 4.69) is 9.97 Å². The van der Waals surface area contributed by atoms with E-state index in [-0.39, 0.29) is 11.9 Å². The number of carbonyl (C=O) groups excluding carboxylic acids is 1. The summed E-state index contributed by atoms with van der Waals surface area (Å²) < 4.78 is 5.91. The van der Waals surface area contributed by atoms with E-state index in [0.29, 0.717) is 6.61 Å². The number of amides is 1. The Kier molecular flexibility index (Phi) is 6.55. The molecule has 2 heterocycles. The van der Waals surface area contributed by atoms with Crippen LogP contribution >= 0.6 is 11.3 Å². The summed E-state index contributed by atoms with van der Waals surface area (Å²) in [6.45, 7) is 4.36. The van der Waals surface area contributed by atoms with Crippen molar-refractivity contribution in [1.29, 1.82) is 0 Å². The molecule has 0 aliphatic carbocycles. The standard InChI is InChI=1S/C22H23N3O2S/c1-16(19-8-6-12-23-13-19)25(3)22(26)11-10-18-7-4-5-9-21(18)27-14-20-15-28-17(2)24-20/h4-13,15-16H,14H2,1-3H3. The van der Waals surface area contributed by atoms with Gasteiger partial charge in [-0.15, -0.1) is 11.3 Å². The molecule has 1 atom stereocenters. The fraction of sp³-hybridized carbons (Fsp3) is 0.227. The minimum Gasteiger partial charge on any atom is -0.487 e. The van der Waals surface area contributed by atoms with Crippen molar-refractivity contribution in [3.63, 3.8) is 0 Å². The molecule has 6 heteroatoms. The first-order valence-electron chi connectivity index (χ1n) is 9.02. The summed E-state index contributed by atoms with van der Waals surface area (Å²) in [7, 11) is 1.79. The molecule has 5 nitrogen and oxygen atoms in total. The third kappa shape index (κ3) is 5.04. The normalized spacial score (nSPS) is 12.1. The third-order valence-electron chi connectivity index (χ3n) is 4.46. The van der Waals surface area contributed by atoms with Crippen LogP contribution in [0.5, 0.6) is 5.75 Å². The summed E-state index contributed by atoms with van der Waals surface area (Å²) in [6.07, 6.45) is 6.86. The SMILES string of the molecule is Cc1nc(COc2ccccc2C=CC(=O)N(C)C(C)c2cccnc2)cs1. The Balaban J connectivity index is 1.67. The number of carbonyl (C=O) groups is 1. The van der Waals surface area contributed by atoms with Gasteiger partial charge in [-0.2, -0.15) is 0 Å². The van der Waals surface area contributed by atoms with Crippen molar-refractivity contribution >= 4 is 23.3 Å². The minimum absolute atomic E-state index is 0.0646. The van der Waals surface area contributed by atoms with E-state index in [1.807, 2.05) is 55.6 Å². The molecule has 3 aromatic rings. The van der Waals surface area contributed by atoms with Crippen molar-refractivity contribution in [2.24, 2.45) is 0 Å². The molecule has 0 spiro atoms. The Morgan fingerprint density at radius 1 is 1.29 bits per heavy atom. The Morgan fingerprint density at radius 2 is 2.11 bits per heavy atom. The van der Waals surface area contributed by atoms with Crippen molar-refractivity contribution in [2.45, 2.75) is 26.5 Å². The third-order valence-corrected chi connectivity index (χ3v) is 5.28. The van der Waals surface area contributed by atoms with Gasteiger partial charge in [0, 0.05) is 36.5 Å². The second-order valence-electron chi connectivity index (χ2n) is 6.43. The van der Waals surface area contributed by atoms with E-state index in [9.17, 15) is 4.79 Å². The highest BCUT2D eigenvalue weighted by molar-refractivity contribution is 7.09. The van der Waals surface area contributed by atoms with Gasteiger partial charge in [0.2, 0.25) is 5.91 Å². The van der Waals surface area contributed by atoms with Crippen molar-refractivity contribution in [2.75, 3.05) is 7.05 Å². The summed E-state index contributed by atoms with van der Waals surface area (Å²) in [5.41, 5.74) is 2.75. The molecule has 1 amide bonds. The largest absolute Gasteiger partial charge is 0.487 e. The summed E-state index contributed by atoms with van der Waals surface area (Å²) in [4.78, 5) is 22.8. The Morgan fingerprint density at radius 3 is 2.82 bits per heavy atom. The highest BCUT2D eigenvalue weighted by Crippen LogP contribution is 2.22. The molecule has 0 N–H and O–H groups in total. The predicted octanol–water partition coefficient (Wildman–Crippen LogP) is 4.66. The number of pyridine rings is 1. The number of aromatic nitrogens is 2. The van der Waals surface area contributed by atoms with Gasteiger partial charge >= 0.3 is 0 Å². The quantitative estimate of drug-likeness (QED) is 0.548. The average molecular weight is 394 g/mol. The van der Waals surface area contributed by atoms with E-state index in [4.69, 9.17) is 4.74 Å². The van der Waals surface area contributed by atoms with E-state index in [0.717, 1.165) is 27.6 Å². The van der Waals surface area contributed by atoms with Crippen LogP contribution in [-0.2, 0) is 11.4 Å². The molecular formula is C22H23N3O2S. The minimum atomic E-state index is -0.0821. The molecule has 0 fully saturated rings. The van der Waals surface area contributed by atoms with Crippen molar-refractivity contribution < 1.29 is 9.53 Å². The molecule has 0 aliphatic heterocycles. The highest BCUT2D eigenvalue weighted by Gasteiger charge is 2.15. The molecule has 1 aromatic carbocycles. The van der Waals surface area contributed by atoms with Gasteiger partial charge in [0.15, 0.2) is 0 Å². The Labute approximate surface area is 169 Å². The molecule has 0 saturated carbocycles. The van der Waals surface area contributed by atoms with Crippen LogP contribution in [0.15, 0.2) is 60.2 Å². The number of para-hydroxylation sites is 1. The predicted molar refractivity (Wildman–Crippen MR) is 112 cm³/mol. The number of benzene rings is 1. The van der Waals surface area contributed by atoms with Gasteiger partial charge in [0.05, 0.1) is 16.7 Å². The maximum absolute atomic E-state index is 12.6. The molecule has 0 radical (unpaired) electrons. The van der Waals surface area contributed by atoms with Crippen LogP contribution in [0.25, 0.3) is 6.08 Å². The van der Waals surface area contributed by atoms with Gasteiger partial charge in [-0.05, 0) is 37.6 Å². The summed E-state index contributed by atoms with van der Waals surface area (Å²) in [5, 5.41) is 3.01. The molecular weight excluding hydrogens is 370 g/mol. The molecule has 2 aromatic heterocycles. The van der Waals surface area contributed by atoms with E-state index >= 15 is 0 Å². The second-order valence-corrected chi connectivity index (χ2v) is 7.49. The van der Waals surface area contributed by atoms with Crippen LogP contribution in [0, 0.1) is 6.92 Å². The fourth-order valence-electron chi connectivity index (χ4n) is 2.69. The Hall–Kier alpha value is -2.99. The van der Waals surface area contributed by atoms with Gasteiger partial charge in [-0.3, -0.25) is 9.78 Å². The number of ether oxygens (including phenoxy) is 1. The number of thiazole rings is 1. The molecule has 0 saturated heterocycles. The number of hydrogen-bond acceptors (Lipinski definition) is 5. The Bertz CT molecular complexity index is 953. The number of hydrogen-bond donors (Lipinski definition) is 0. The fourth-order valence-corrected chi connectivity index (χ4v) is 3.29. The second kappa shape index (κ2) is 9.28. The smallest absolute Gasteiger partial charge is 0.246 e. The van der Waals surface area contributed by atoms with Gasteiger partial charge in [0.25, 0.3) is 0 Å². The van der Waals surface area contributed by atoms with E-state index < -0.39 is 0 Å². The zero-order chi connectivity index (χ0) is 19.9. The van der Waals surface area contributed by atoms with E-state index in [1.54, 1.807) is 47.8 Å². The van der Waals surface area contributed by atoms with Crippen LogP contribution in [0.3, 0.4) is 0 Å². The van der Waals surface area contributed by atoms with Crippen LogP contribution in [0.1, 0.15) is 34.8 Å². The molecule has 0 bridgehead atoms. The summed E-state index contributed by atoms with van der Waals surface area (Å²) >= 11 is 1.60. The zero-order valence-corrected chi connectivity index (χ0v) is 17.0. The van der Waals surface area contributed by atoms with Gasteiger partial charge in [-0.25, -0.2) is 4.98 Å². The first kappa shape index (κ1) is 19.8. The lowest BCUT2D eigenvalue weighted by molar-refractivity contribution is -0.126. The van der Waals surface area contributed by atoms with Gasteiger partial charge < -0.3 is 9.64 Å². The molecule has 0 aliphatic rings. The monoisotopic (exact) mass is 393 g/mol. The van der Waals surface area contributed by atoms with Gasteiger partial charge in [-0.1, -0.05) is 24.3 Å². The summed E-state index contributed by atoms with van der Waals surface area (Å²) in [6, 6.07) is 11.4. The average Bonchev–Trinajstić information content (AvgIpc) is 3.15. The lowest BCUT2D eigenvalue weighted by atomic mass is 10.1. The van der Waals surface area contributed by atoms with Crippen molar-refractivity contribution in [1.82, 2.24) is 14.9 Å². The maximum atomic E-state index is 12.6. The van der Waals surface area contributed by atoms with Crippen molar-refractivity contribution in [3.8, 4) is 5.75 Å². The lowest BCUT2D eigenvalue weighted by Gasteiger charge is -2.23. The topological polar surface area (TPSA) is 55.3 Å². The van der Waals surface area contributed by atoms with Crippen LogP contribution in [0.4, 0.5) is 0 Å². The van der Waals surface area contributed by atoms with Crippen LogP contribution in [-0.4, -0.2) is 27.8 Å². The molecule has 28 heavy (non-hydrogen) atoms. The number of likely N-dealkylation sites (N-methyl/N-ethyl adjacent to an activating group) is 1. The number of aryl methyl sites for hydroxylation is 1. The molecule has 144 valence electrons. The molecule has 3 rings (SSSR count). The number of rotatable bonds is 7. The maximum Gasteiger partial charge on any atom is 0.246 e. The summed E-state index contributed by atoms with van der Waals surface area (Å²) in [5.74, 6) is 0.640. The van der Waals surface area contributed by atoms with Gasteiger partial charge in [0.1, 0.15) is 12.4 Å². The highest BCUT2D eigenvalue weighted by atomic mass is 32.1. The lowest BCUT2D eigenvalue weighted by Crippen LogP contribution is -2.28. The zero-order valence-electron chi connectivity index (χ0n) is 16.2. The van der Waals surface area contributed by atoms with E-state index in [1.165, 1.54) is 0 Å². The van der Waals surface area contributed by atoms with Crippen LogP contribution in [0.2, 0.25) is 0 Å².